The molecule has 0 saturated carbocycles. The van der Waals surface area contributed by atoms with Crippen molar-refractivity contribution in [3.05, 3.63) is 47.2 Å². The maximum atomic E-state index is 13.4. The minimum Gasteiger partial charge on any atom is -0.493 e. The van der Waals surface area contributed by atoms with Crippen LogP contribution < -0.4 is 9.46 Å². The minimum atomic E-state index is -3.75. The van der Waals surface area contributed by atoms with E-state index >= 15 is 0 Å². The van der Waals surface area contributed by atoms with Gasteiger partial charge in [0.1, 0.15) is 28.0 Å². The zero-order valence-electron chi connectivity index (χ0n) is 12.2. The number of hydrogen-bond donors (Lipinski definition) is 1. The summed E-state index contributed by atoms with van der Waals surface area (Å²) in [5.74, 6) is 0.928. The molecule has 1 aromatic carbocycles. The lowest BCUT2D eigenvalue weighted by atomic mass is 10.0. The van der Waals surface area contributed by atoms with Crippen LogP contribution in [0, 0.1) is 19.7 Å². The molecule has 0 saturated heterocycles. The molecule has 0 unspecified atom stereocenters. The SMILES string of the molecule is Cc1cc(S(=O)(=O)N[C@H]2CCOc3ccc(F)cc32)c(C)o1. The minimum absolute atomic E-state index is 0.106. The third kappa shape index (κ3) is 2.74. The summed E-state index contributed by atoms with van der Waals surface area (Å²) in [5.41, 5.74) is 0.507. The van der Waals surface area contributed by atoms with Crippen molar-refractivity contribution in [3.63, 3.8) is 0 Å². The quantitative estimate of drug-likeness (QED) is 0.942. The Morgan fingerprint density at radius 1 is 1.27 bits per heavy atom. The van der Waals surface area contributed by atoms with E-state index in [1.807, 2.05) is 0 Å². The van der Waals surface area contributed by atoms with Crippen molar-refractivity contribution in [1.82, 2.24) is 4.72 Å². The first-order chi connectivity index (χ1) is 10.4. The first-order valence-corrected chi connectivity index (χ1v) is 8.37. The second kappa shape index (κ2) is 5.40. The van der Waals surface area contributed by atoms with Crippen molar-refractivity contribution < 1.29 is 22.0 Å². The number of hydrogen-bond acceptors (Lipinski definition) is 4. The third-order valence-electron chi connectivity index (χ3n) is 3.59. The molecule has 7 heteroatoms. The molecule has 0 amide bonds. The normalized spacial score (nSPS) is 17.9. The molecule has 0 aliphatic carbocycles. The fourth-order valence-corrected chi connectivity index (χ4v) is 4.10. The molecular weight excluding hydrogens is 309 g/mol. The average Bonchev–Trinajstić information content (AvgIpc) is 2.79. The zero-order chi connectivity index (χ0) is 15.9. The zero-order valence-corrected chi connectivity index (χ0v) is 13.0. The number of sulfonamides is 1. The number of nitrogens with one attached hydrogen (secondary N) is 1. The van der Waals surface area contributed by atoms with Gasteiger partial charge in [-0.3, -0.25) is 0 Å². The standard InChI is InChI=1S/C15H16FNO4S/c1-9-7-15(10(2)21-9)22(18,19)17-13-5-6-20-14-4-3-11(16)8-12(13)14/h3-4,7-8,13,17H,5-6H2,1-2H3/t13-/m0/s1. The van der Waals surface area contributed by atoms with E-state index < -0.39 is 21.9 Å². The molecule has 22 heavy (non-hydrogen) atoms. The topological polar surface area (TPSA) is 68.5 Å². The third-order valence-corrected chi connectivity index (χ3v) is 5.17. The Labute approximate surface area is 128 Å². The first kappa shape index (κ1) is 15.1. The van der Waals surface area contributed by atoms with E-state index in [9.17, 15) is 12.8 Å². The molecule has 0 radical (unpaired) electrons. The van der Waals surface area contributed by atoms with Gasteiger partial charge in [0.25, 0.3) is 0 Å². The molecule has 0 spiro atoms. The Balaban J connectivity index is 1.94. The highest BCUT2D eigenvalue weighted by molar-refractivity contribution is 7.89. The van der Waals surface area contributed by atoms with Crippen molar-refractivity contribution in [3.8, 4) is 5.75 Å². The fourth-order valence-electron chi connectivity index (χ4n) is 2.61. The maximum Gasteiger partial charge on any atom is 0.244 e. The Morgan fingerprint density at radius 3 is 2.73 bits per heavy atom. The molecule has 5 nitrogen and oxygen atoms in total. The fraction of sp³-hybridized carbons (Fsp3) is 0.333. The molecule has 1 aromatic heterocycles. The molecule has 3 rings (SSSR count). The molecule has 0 fully saturated rings. The molecule has 0 bridgehead atoms. The van der Waals surface area contributed by atoms with Crippen LogP contribution >= 0.6 is 0 Å². The molecular formula is C15H16FNO4S. The highest BCUT2D eigenvalue weighted by Gasteiger charge is 2.29. The van der Waals surface area contributed by atoms with Crippen molar-refractivity contribution in [2.24, 2.45) is 0 Å². The summed E-state index contributed by atoms with van der Waals surface area (Å²) >= 11 is 0. The van der Waals surface area contributed by atoms with Gasteiger partial charge >= 0.3 is 0 Å². The van der Waals surface area contributed by atoms with E-state index in [0.29, 0.717) is 35.9 Å². The van der Waals surface area contributed by atoms with E-state index in [1.54, 1.807) is 13.8 Å². The Bertz CT molecular complexity index is 813. The molecule has 1 aliphatic rings. The summed E-state index contributed by atoms with van der Waals surface area (Å²) in [4.78, 5) is 0.106. The van der Waals surface area contributed by atoms with E-state index in [-0.39, 0.29) is 4.90 Å². The summed E-state index contributed by atoms with van der Waals surface area (Å²) in [5, 5.41) is 0. The molecule has 1 aliphatic heterocycles. The maximum absolute atomic E-state index is 13.4. The Hall–Kier alpha value is -1.86. The predicted molar refractivity (Wildman–Crippen MR) is 77.8 cm³/mol. The first-order valence-electron chi connectivity index (χ1n) is 6.88. The monoisotopic (exact) mass is 325 g/mol. The second-order valence-electron chi connectivity index (χ2n) is 5.27. The molecule has 1 atom stereocenters. The second-order valence-corrected chi connectivity index (χ2v) is 6.95. The smallest absolute Gasteiger partial charge is 0.244 e. The van der Waals surface area contributed by atoms with Crippen molar-refractivity contribution in [2.75, 3.05) is 6.61 Å². The van der Waals surface area contributed by atoms with Gasteiger partial charge in [0.15, 0.2) is 0 Å². The number of ether oxygens (including phenoxy) is 1. The lowest BCUT2D eigenvalue weighted by Gasteiger charge is -2.26. The van der Waals surface area contributed by atoms with Gasteiger partial charge in [-0.15, -0.1) is 0 Å². The van der Waals surface area contributed by atoms with Gasteiger partial charge in [0.2, 0.25) is 10.0 Å². The largest absolute Gasteiger partial charge is 0.493 e. The summed E-state index contributed by atoms with van der Waals surface area (Å²) in [6.07, 6.45) is 0.436. The van der Waals surface area contributed by atoms with Gasteiger partial charge in [0, 0.05) is 12.0 Å². The van der Waals surface area contributed by atoms with Gasteiger partial charge in [0.05, 0.1) is 12.6 Å². The Morgan fingerprint density at radius 2 is 2.05 bits per heavy atom. The van der Waals surface area contributed by atoms with E-state index in [2.05, 4.69) is 4.72 Å². The van der Waals surface area contributed by atoms with E-state index in [1.165, 1.54) is 24.3 Å². The summed E-state index contributed by atoms with van der Waals surface area (Å²) in [7, 11) is -3.75. The van der Waals surface area contributed by atoms with Crippen molar-refractivity contribution >= 4 is 10.0 Å². The van der Waals surface area contributed by atoms with Gasteiger partial charge in [-0.05, 0) is 38.1 Å². The van der Waals surface area contributed by atoms with Crippen LogP contribution in [0.25, 0.3) is 0 Å². The number of rotatable bonds is 3. The van der Waals surface area contributed by atoms with Crippen LogP contribution in [0.3, 0.4) is 0 Å². The van der Waals surface area contributed by atoms with E-state index in [4.69, 9.17) is 9.15 Å². The number of aryl methyl sites for hydroxylation is 2. The molecule has 2 aromatic rings. The van der Waals surface area contributed by atoms with Gasteiger partial charge in [-0.1, -0.05) is 0 Å². The highest BCUT2D eigenvalue weighted by Crippen LogP contribution is 2.34. The lowest BCUT2D eigenvalue weighted by molar-refractivity contribution is 0.262. The summed E-state index contributed by atoms with van der Waals surface area (Å²) in [6, 6.07) is 5.05. The van der Waals surface area contributed by atoms with Crippen molar-refractivity contribution in [1.29, 1.82) is 0 Å². The molecule has 2 heterocycles. The van der Waals surface area contributed by atoms with Gasteiger partial charge in [-0.2, -0.15) is 0 Å². The van der Waals surface area contributed by atoms with Gasteiger partial charge in [-0.25, -0.2) is 17.5 Å². The van der Waals surface area contributed by atoms with Crippen LogP contribution in [0.5, 0.6) is 5.75 Å². The van der Waals surface area contributed by atoms with Crippen LogP contribution in [0.1, 0.15) is 29.5 Å². The predicted octanol–water partition coefficient (Wildman–Crippen LogP) is 2.84. The van der Waals surface area contributed by atoms with Crippen LogP contribution in [-0.4, -0.2) is 15.0 Å². The summed E-state index contributed by atoms with van der Waals surface area (Å²) in [6.45, 7) is 3.65. The average molecular weight is 325 g/mol. The van der Waals surface area contributed by atoms with Crippen LogP contribution in [0.2, 0.25) is 0 Å². The number of halogens is 1. The molecule has 1 N–H and O–H groups in total. The highest BCUT2D eigenvalue weighted by atomic mass is 32.2. The Kier molecular flexibility index (Phi) is 3.70. The lowest BCUT2D eigenvalue weighted by Crippen LogP contribution is -2.32. The molecule has 118 valence electrons. The van der Waals surface area contributed by atoms with Crippen LogP contribution in [0.15, 0.2) is 33.6 Å². The van der Waals surface area contributed by atoms with E-state index in [0.717, 1.165) is 0 Å². The van der Waals surface area contributed by atoms with Crippen LogP contribution in [-0.2, 0) is 10.0 Å². The van der Waals surface area contributed by atoms with Gasteiger partial charge < -0.3 is 9.15 Å². The number of benzene rings is 1. The number of fused-ring (bicyclic) bond motifs is 1. The van der Waals surface area contributed by atoms with Crippen LogP contribution in [0.4, 0.5) is 4.39 Å². The number of furan rings is 1. The summed E-state index contributed by atoms with van der Waals surface area (Å²) < 4.78 is 51.8. The van der Waals surface area contributed by atoms with Crippen molar-refractivity contribution in [2.45, 2.75) is 31.2 Å².